The molecule has 158 valence electrons. The molecule has 1 saturated heterocycles. The Morgan fingerprint density at radius 1 is 1.06 bits per heavy atom. The Morgan fingerprint density at radius 2 is 1.81 bits per heavy atom. The van der Waals surface area contributed by atoms with Crippen molar-refractivity contribution in [2.24, 2.45) is 0 Å². The molecule has 2 heterocycles. The first kappa shape index (κ1) is 20.9. The number of carbonyl (C=O) groups is 2. The Balaban J connectivity index is 1.75. The Bertz CT molecular complexity index is 1120. The molecule has 0 spiro atoms. The highest BCUT2D eigenvalue weighted by Crippen LogP contribution is 2.35. The van der Waals surface area contributed by atoms with Crippen molar-refractivity contribution in [2.75, 3.05) is 13.7 Å². The Kier molecular flexibility index (Phi) is 6.23. The number of hydrogen-bond acceptors (Lipinski definition) is 5. The molecule has 1 aromatic heterocycles. The van der Waals surface area contributed by atoms with Crippen LogP contribution in [0.1, 0.15) is 25.3 Å². The number of aromatic nitrogens is 2. The maximum absolute atomic E-state index is 12.8. The molecule has 7 heteroatoms. The number of rotatable bonds is 7. The Hall–Kier alpha value is -3.32. The summed E-state index contributed by atoms with van der Waals surface area (Å²) in [5.41, 5.74) is 3.31. The molecule has 4 rings (SSSR count). The molecule has 0 atom stereocenters. The smallest absolute Gasteiger partial charge is 0.293 e. The first-order valence-electron chi connectivity index (χ1n) is 10.2. The molecule has 0 radical (unpaired) electrons. The van der Waals surface area contributed by atoms with E-state index in [9.17, 15) is 9.59 Å². The van der Waals surface area contributed by atoms with Gasteiger partial charge in [-0.3, -0.25) is 14.5 Å². The second-order valence-corrected chi connectivity index (χ2v) is 8.12. The van der Waals surface area contributed by atoms with Crippen LogP contribution in [0.3, 0.4) is 0 Å². The lowest BCUT2D eigenvalue weighted by Crippen LogP contribution is -2.29. The van der Waals surface area contributed by atoms with Crippen molar-refractivity contribution in [3.63, 3.8) is 0 Å². The van der Waals surface area contributed by atoms with E-state index in [1.165, 1.54) is 4.90 Å². The number of thioether (sulfide) groups is 1. The van der Waals surface area contributed by atoms with Gasteiger partial charge in [0.25, 0.3) is 11.1 Å². The van der Waals surface area contributed by atoms with Crippen LogP contribution in [-0.4, -0.2) is 39.5 Å². The van der Waals surface area contributed by atoms with Crippen molar-refractivity contribution < 1.29 is 14.3 Å². The molecule has 6 nitrogen and oxygen atoms in total. The van der Waals surface area contributed by atoms with Crippen LogP contribution in [0, 0.1) is 0 Å². The van der Waals surface area contributed by atoms with Gasteiger partial charge >= 0.3 is 0 Å². The summed E-state index contributed by atoms with van der Waals surface area (Å²) in [7, 11) is 1.62. The Morgan fingerprint density at radius 3 is 2.48 bits per heavy atom. The average molecular weight is 434 g/mol. The highest BCUT2D eigenvalue weighted by molar-refractivity contribution is 8.18. The van der Waals surface area contributed by atoms with Crippen molar-refractivity contribution in [1.29, 1.82) is 0 Å². The summed E-state index contributed by atoms with van der Waals surface area (Å²) >= 11 is 0.984. The van der Waals surface area contributed by atoms with Crippen molar-refractivity contribution in [1.82, 2.24) is 14.7 Å². The largest absolute Gasteiger partial charge is 0.497 e. The maximum atomic E-state index is 12.8. The van der Waals surface area contributed by atoms with E-state index in [0.29, 0.717) is 11.4 Å². The highest BCUT2D eigenvalue weighted by atomic mass is 32.2. The summed E-state index contributed by atoms with van der Waals surface area (Å²) in [5, 5.41) is 4.56. The normalized spacial score (nSPS) is 15.2. The summed E-state index contributed by atoms with van der Waals surface area (Å²) in [6, 6.07) is 17.4. The summed E-state index contributed by atoms with van der Waals surface area (Å²) in [6.45, 7) is 2.49. The molecule has 0 aliphatic carbocycles. The monoisotopic (exact) mass is 433 g/mol. The maximum Gasteiger partial charge on any atom is 0.293 e. The molecular formula is C24H23N3O3S. The molecule has 3 aromatic rings. The zero-order chi connectivity index (χ0) is 21.8. The van der Waals surface area contributed by atoms with E-state index in [1.54, 1.807) is 17.9 Å². The van der Waals surface area contributed by atoms with Gasteiger partial charge in [0, 0.05) is 23.9 Å². The molecule has 2 amide bonds. The number of carbonyl (C=O) groups excluding carboxylic acids is 2. The van der Waals surface area contributed by atoms with E-state index < -0.39 is 0 Å². The molecule has 0 bridgehead atoms. The minimum atomic E-state index is -0.239. The second kappa shape index (κ2) is 9.22. The van der Waals surface area contributed by atoms with E-state index in [0.717, 1.165) is 52.9 Å². The first-order chi connectivity index (χ1) is 15.1. The lowest BCUT2D eigenvalue weighted by molar-refractivity contribution is -0.122. The van der Waals surface area contributed by atoms with Gasteiger partial charge in [0.1, 0.15) is 5.75 Å². The summed E-state index contributed by atoms with van der Waals surface area (Å²) in [5.74, 6) is 0.515. The third-order valence-corrected chi connectivity index (χ3v) is 5.93. The van der Waals surface area contributed by atoms with Gasteiger partial charge in [0.05, 0.1) is 23.4 Å². The van der Waals surface area contributed by atoms with Gasteiger partial charge in [0.15, 0.2) is 0 Å². The summed E-state index contributed by atoms with van der Waals surface area (Å²) in [6.07, 6.45) is 5.37. The zero-order valence-electron chi connectivity index (χ0n) is 17.4. The van der Waals surface area contributed by atoms with Crippen molar-refractivity contribution >= 4 is 29.0 Å². The number of ether oxygens (including phenoxy) is 1. The predicted octanol–water partition coefficient (Wildman–Crippen LogP) is 5.38. The van der Waals surface area contributed by atoms with Crippen molar-refractivity contribution in [2.45, 2.75) is 19.8 Å². The number of benzene rings is 2. The molecule has 1 fully saturated rings. The minimum absolute atomic E-state index is 0.217. The minimum Gasteiger partial charge on any atom is -0.497 e. The number of amides is 2. The summed E-state index contributed by atoms with van der Waals surface area (Å²) < 4.78 is 7.04. The molecule has 1 aliphatic heterocycles. The van der Waals surface area contributed by atoms with Crippen LogP contribution in [0.2, 0.25) is 0 Å². The molecule has 0 N–H and O–H groups in total. The third kappa shape index (κ3) is 4.41. The van der Waals surface area contributed by atoms with Gasteiger partial charge in [-0.15, -0.1) is 0 Å². The molecule has 0 saturated carbocycles. The molecule has 31 heavy (non-hydrogen) atoms. The molecule has 0 unspecified atom stereocenters. The first-order valence-corrected chi connectivity index (χ1v) is 11.0. The van der Waals surface area contributed by atoms with Crippen LogP contribution in [0.5, 0.6) is 5.75 Å². The number of imide groups is 1. The number of nitrogens with zero attached hydrogens (tertiary/aromatic N) is 3. The molecular weight excluding hydrogens is 410 g/mol. The van der Waals surface area contributed by atoms with Gasteiger partial charge in [0.2, 0.25) is 0 Å². The van der Waals surface area contributed by atoms with Gasteiger partial charge in [-0.25, -0.2) is 4.68 Å². The number of methoxy groups -OCH3 is 1. The standard InChI is InChI=1S/C24H23N3O3S/c1-3-4-14-26-23(28)21(31-24(26)29)15-18-16-27(19-8-6-5-7-9-19)25-22(18)17-10-12-20(30-2)13-11-17/h5-13,15-16H,3-4,14H2,1-2H3/b21-15-. The van der Waals surface area contributed by atoms with Crippen LogP contribution >= 0.6 is 11.8 Å². The van der Waals surface area contributed by atoms with Crippen LogP contribution in [0.25, 0.3) is 23.0 Å². The van der Waals surface area contributed by atoms with Gasteiger partial charge in [-0.05, 0) is 60.7 Å². The van der Waals surface area contributed by atoms with Crippen molar-refractivity contribution in [3.05, 3.63) is 71.3 Å². The SMILES string of the molecule is CCCCN1C(=O)S/C(=C\c2cn(-c3ccccc3)nc2-c2ccc(OC)cc2)C1=O. The average Bonchev–Trinajstić information content (AvgIpc) is 3.34. The molecule has 1 aliphatic rings. The number of unbranched alkanes of at least 4 members (excludes halogenated alkanes) is 1. The lowest BCUT2D eigenvalue weighted by Gasteiger charge is -2.10. The van der Waals surface area contributed by atoms with Gasteiger partial charge < -0.3 is 4.74 Å². The fourth-order valence-corrected chi connectivity index (χ4v) is 4.19. The number of para-hydroxylation sites is 1. The fourth-order valence-electron chi connectivity index (χ4n) is 3.33. The van der Waals surface area contributed by atoms with E-state index in [4.69, 9.17) is 9.84 Å². The van der Waals surface area contributed by atoms with Crippen molar-refractivity contribution in [3.8, 4) is 22.7 Å². The zero-order valence-corrected chi connectivity index (χ0v) is 18.3. The third-order valence-electron chi connectivity index (χ3n) is 5.02. The van der Waals surface area contributed by atoms with Crippen LogP contribution in [-0.2, 0) is 4.79 Å². The topological polar surface area (TPSA) is 64.4 Å². The van der Waals surface area contributed by atoms with E-state index in [2.05, 4.69) is 0 Å². The fraction of sp³-hybridized carbons (Fsp3) is 0.208. The number of hydrogen-bond donors (Lipinski definition) is 0. The van der Waals surface area contributed by atoms with Crippen LogP contribution in [0.4, 0.5) is 4.79 Å². The lowest BCUT2D eigenvalue weighted by atomic mass is 10.1. The quantitative estimate of drug-likeness (QED) is 0.468. The van der Waals surface area contributed by atoms with E-state index in [-0.39, 0.29) is 11.1 Å². The van der Waals surface area contributed by atoms with E-state index >= 15 is 0 Å². The Labute approximate surface area is 185 Å². The summed E-state index contributed by atoms with van der Waals surface area (Å²) in [4.78, 5) is 26.9. The predicted molar refractivity (Wildman–Crippen MR) is 123 cm³/mol. The molecule has 2 aromatic carbocycles. The van der Waals surface area contributed by atoms with Gasteiger partial charge in [-0.1, -0.05) is 31.5 Å². The van der Waals surface area contributed by atoms with E-state index in [1.807, 2.05) is 67.7 Å². The van der Waals surface area contributed by atoms with Gasteiger partial charge in [-0.2, -0.15) is 5.10 Å². The second-order valence-electron chi connectivity index (χ2n) is 7.13. The van der Waals surface area contributed by atoms with Crippen LogP contribution in [0.15, 0.2) is 65.7 Å². The highest BCUT2D eigenvalue weighted by Gasteiger charge is 2.34. The van der Waals surface area contributed by atoms with Crippen LogP contribution < -0.4 is 4.74 Å².